The van der Waals surface area contributed by atoms with Crippen molar-refractivity contribution in [2.75, 3.05) is 0 Å². The zero-order valence-corrected chi connectivity index (χ0v) is 31.7. The molecule has 0 amide bonds. The summed E-state index contributed by atoms with van der Waals surface area (Å²) in [5, 5.41) is 13.7. The number of aryl methyl sites for hydroxylation is 3. The van der Waals surface area contributed by atoms with Gasteiger partial charge < -0.3 is 5.11 Å². The number of carbonyl (C=O) groups excluding carboxylic acids is 1. The molecule has 0 aliphatic heterocycles. The number of benzene rings is 3. The van der Waals surface area contributed by atoms with Gasteiger partial charge in [0.2, 0.25) is 0 Å². The molecule has 1 aromatic heterocycles. The molecule has 3 aromatic carbocycles. The molecule has 4 nitrogen and oxygen atoms in total. The van der Waals surface area contributed by atoms with E-state index in [1.54, 1.807) is 6.33 Å². The molecule has 0 atom stereocenters. The molecule has 5 heteroatoms. The molecular formula is C40H53IrN2O2-. The Morgan fingerprint density at radius 2 is 1.53 bits per heavy atom. The number of nitrogens with zero attached hydrogens (tertiary/aromatic N) is 2. The fourth-order valence-corrected chi connectivity index (χ4v) is 5.78. The van der Waals surface area contributed by atoms with Crippen LogP contribution in [0.1, 0.15) is 103 Å². The Morgan fingerprint density at radius 1 is 0.911 bits per heavy atom. The summed E-state index contributed by atoms with van der Waals surface area (Å²) in [6.07, 6.45) is 7.54. The molecule has 1 heterocycles. The summed E-state index contributed by atoms with van der Waals surface area (Å²) in [6, 6.07) is 16.8. The third-order valence-electron chi connectivity index (χ3n) is 9.63. The van der Waals surface area contributed by atoms with E-state index in [1.807, 2.05) is 41.5 Å². The SMILES string of the molecule is CCC(C)(CC)C(=O)/C=C(\O)C(C)(CC)CC.Cc1[c-]c(-c2ncnc3c2ccc2cc(CC(C)C)cc(C)c23)cc(C)c1.[Ir]. The van der Waals surface area contributed by atoms with Crippen molar-refractivity contribution in [3.8, 4) is 11.3 Å². The van der Waals surface area contributed by atoms with Crippen LogP contribution in [-0.2, 0) is 31.3 Å². The van der Waals surface area contributed by atoms with E-state index in [0.29, 0.717) is 5.92 Å². The molecule has 0 saturated heterocycles. The maximum absolute atomic E-state index is 12.2. The monoisotopic (exact) mass is 786 g/mol. The van der Waals surface area contributed by atoms with Crippen molar-refractivity contribution < 1.29 is 30.0 Å². The van der Waals surface area contributed by atoms with Crippen molar-refractivity contribution in [2.24, 2.45) is 16.7 Å². The van der Waals surface area contributed by atoms with Crippen molar-refractivity contribution in [2.45, 2.75) is 108 Å². The van der Waals surface area contributed by atoms with Crippen LogP contribution in [0, 0.1) is 43.6 Å². The molecular weight excluding hydrogens is 733 g/mol. The van der Waals surface area contributed by atoms with Crippen LogP contribution in [-0.4, -0.2) is 20.9 Å². The Labute approximate surface area is 285 Å². The zero-order chi connectivity index (χ0) is 32.8. The quantitative estimate of drug-likeness (QED) is 0.0753. The van der Waals surface area contributed by atoms with Gasteiger partial charge in [-0.3, -0.25) is 9.78 Å². The first kappa shape index (κ1) is 38.3. The van der Waals surface area contributed by atoms with Gasteiger partial charge in [-0.05, 0) is 72.5 Å². The maximum atomic E-state index is 12.2. The molecule has 245 valence electrons. The number of aliphatic hydroxyl groups is 1. The Balaban J connectivity index is 0.000000343. The molecule has 0 unspecified atom stereocenters. The van der Waals surface area contributed by atoms with Crippen LogP contribution in [0.2, 0.25) is 0 Å². The summed E-state index contributed by atoms with van der Waals surface area (Å²) in [6.45, 7) is 23.0. The minimum absolute atomic E-state index is 0. The molecule has 0 fully saturated rings. The van der Waals surface area contributed by atoms with Crippen molar-refractivity contribution in [1.29, 1.82) is 0 Å². The second-order valence-electron chi connectivity index (χ2n) is 13.5. The Bertz CT molecular complexity index is 1630. The van der Waals surface area contributed by atoms with Crippen molar-refractivity contribution in [1.82, 2.24) is 9.97 Å². The van der Waals surface area contributed by atoms with E-state index >= 15 is 0 Å². The second-order valence-corrected chi connectivity index (χ2v) is 13.5. The van der Waals surface area contributed by atoms with E-state index in [0.717, 1.165) is 59.8 Å². The van der Waals surface area contributed by atoms with E-state index in [4.69, 9.17) is 0 Å². The predicted molar refractivity (Wildman–Crippen MR) is 187 cm³/mol. The van der Waals surface area contributed by atoms with Crippen LogP contribution in [0.3, 0.4) is 0 Å². The Hall–Kier alpha value is -2.88. The predicted octanol–water partition coefficient (Wildman–Crippen LogP) is 11.0. The molecule has 0 bridgehead atoms. The number of ketones is 1. The van der Waals surface area contributed by atoms with Gasteiger partial charge in [0.15, 0.2) is 5.78 Å². The summed E-state index contributed by atoms with van der Waals surface area (Å²) in [5.74, 6) is 0.935. The van der Waals surface area contributed by atoms with Crippen LogP contribution in [0.5, 0.6) is 0 Å². The van der Waals surface area contributed by atoms with E-state index in [2.05, 4.69) is 87.1 Å². The standard InChI is InChI=1S/C25H25N2.C15H28O2.Ir/c1-15(2)8-19-12-18(5)23-20(13-19)6-7-22-24(26-14-27-25(22)23)21-10-16(3)9-17(4)11-21;1-7-14(5,8-2)12(16)11-13(17)15(6,9-3)10-4;/h6-7,9-10,12-15H,8H2,1-5H3;11,16H,7-10H2,1-6H3;/q-1;;/b;12-11-;. The van der Waals surface area contributed by atoms with E-state index in [1.165, 1.54) is 33.5 Å². The van der Waals surface area contributed by atoms with E-state index < -0.39 is 0 Å². The first-order valence-electron chi connectivity index (χ1n) is 16.3. The molecule has 0 saturated carbocycles. The maximum Gasteiger partial charge on any atom is 0.164 e. The number of hydrogen-bond acceptors (Lipinski definition) is 4. The Morgan fingerprint density at radius 3 is 2.09 bits per heavy atom. The third kappa shape index (κ3) is 8.89. The van der Waals surface area contributed by atoms with Gasteiger partial charge in [0.1, 0.15) is 12.1 Å². The van der Waals surface area contributed by atoms with Crippen molar-refractivity contribution in [3.05, 3.63) is 82.9 Å². The molecule has 0 aliphatic carbocycles. The van der Waals surface area contributed by atoms with E-state index in [-0.39, 0.29) is 42.5 Å². The minimum Gasteiger partial charge on any atom is -0.512 e. The Kier molecular flexibility index (Phi) is 13.7. The summed E-state index contributed by atoms with van der Waals surface area (Å²) in [4.78, 5) is 21.5. The molecule has 45 heavy (non-hydrogen) atoms. The van der Waals surface area contributed by atoms with Crippen molar-refractivity contribution in [3.63, 3.8) is 0 Å². The third-order valence-corrected chi connectivity index (χ3v) is 9.63. The summed E-state index contributed by atoms with van der Waals surface area (Å²) in [5.41, 5.74) is 7.45. The summed E-state index contributed by atoms with van der Waals surface area (Å²) < 4.78 is 0. The molecule has 0 aliphatic rings. The summed E-state index contributed by atoms with van der Waals surface area (Å²) >= 11 is 0. The normalized spacial score (nSPS) is 12.2. The zero-order valence-electron chi connectivity index (χ0n) is 29.3. The average Bonchev–Trinajstić information content (AvgIpc) is 2.98. The molecule has 0 spiro atoms. The second kappa shape index (κ2) is 16.1. The number of aromatic nitrogens is 2. The van der Waals surface area contributed by atoms with Gasteiger partial charge in [-0.1, -0.05) is 93.5 Å². The number of fused-ring (bicyclic) bond motifs is 3. The minimum atomic E-state index is -0.337. The molecule has 1 N–H and O–H groups in total. The molecule has 1 radical (unpaired) electrons. The van der Waals surface area contributed by atoms with Gasteiger partial charge in [0.25, 0.3) is 0 Å². The topological polar surface area (TPSA) is 63.1 Å². The number of rotatable bonds is 10. The molecule has 4 aromatic rings. The smallest absolute Gasteiger partial charge is 0.164 e. The van der Waals surface area contributed by atoms with Gasteiger partial charge in [-0.2, -0.15) is 0 Å². The number of aliphatic hydroxyl groups excluding tert-OH is 1. The van der Waals surface area contributed by atoms with Gasteiger partial charge in [0, 0.05) is 42.4 Å². The van der Waals surface area contributed by atoms with E-state index in [9.17, 15) is 9.90 Å². The molecule has 4 rings (SSSR count). The fraction of sp³-hybridized carbons (Fsp3) is 0.475. The van der Waals surface area contributed by atoms with Crippen LogP contribution in [0.4, 0.5) is 0 Å². The first-order valence-corrected chi connectivity index (χ1v) is 16.3. The largest absolute Gasteiger partial charge is 0.512 e. The average molecular weight is 786 g/mol. The van der Waals surface area contributed by atoms with Crippen LogP contribution in [0.15, 0.2) is 54.6 Å². The number of carbonyl (C=O) groups is 1. The van der Waals surface area contributed by atoms with Gasteiger partial charge >= 0.3 is 0 Å². The number of hydrogen-bond donors (Lipinski definition) is 1. The van der Waals surface area contributed by atoms with Gasteiger partial charge in [-0.15, -0.1) is 34.9 Å². The van der Waals surface area contributed by atoms with Crippen molar-refractivity contribution >= 4 is 27.5 Å². The number of allylic oxidation sites excluding steroid dienone is 2. The van der Waals surface area contributed by atoms with Crippen LogP contribution < -0.4 is 0 Å². The summed E-state index contributed by atoms with van der Waals surface area (Å²) in [7, 11) is 0. The van der Waals surface area contributed by atoms with Crippen LogP contribution >= 0.6 is 0 Å². The fourth-order valence-electron chi connectivity index (χ4n) is 5.78. The van der Waals surface area contributed by atoms with Crippen LogP contribution in [0.25, 0.3) is 32.9 Å². The first-order chi connectivity index (χ1) is 20.7. The van der Waals surface area contributed by atoms with Gasteiger partial charge in [-0.25, -0.2) is 4.98 Å². The van der Waals surface area contributed by atoms with Gasteiger partial charge in [0.05, 0.1) is 5.52 Å².